The van der Waals surface area contributed by atoms with Gasteiger partial charge in [-0.15, -0.1) is 0 Å². The lowest BCUT2D eigenvalue weighted by atomic mass is 10.1. The Morgan fingerprint density at radius 2 is 2.23 bits per heavy atom. The summed E-state index contributed by atoms with van der Waals surface area (Å²) in [5.74, 6) is -0.513. The van der Waals surface area contributed by atoms with Crippen molar-refractivity contribution < 1.29 is 4.39 Å². The third-order valence-electron chi connectivity index (χ3n) is 1.62. The molecule has 1 aromatic heterocycles. The van der Waals surface area contributed by atoms with Crippen LogP contribution in [0.2, 0.25) is 5.15 Å². The lowest BCUT2D eigenvalue weighted by Crippen LogP contribution is -1.99. The molecule has 0 saturated carbocycles. The largest absolute Gasteiger partial charge is 0.236 e. The van der Waals surface area contributed by atoms with Crippen molar-refractivity contribution in [2.75, 3.05) is 0 Å². The van der Waals surface area contributed by atoms with Gasteiger partial charge in [0, 0.05) is 0 Å². The number of hydrogen-bond acceptors (Lipinski definition) is 2. The lowest BCUT2D eigenvalue weighted by molar-refractivity contribution is 0.584. The summed E-state index contributed by atoms with van der Waals surface area (Å²) in [5.41, 5.74) is 0.368. The first-order chi connectivity index (χ1) is 6.06. The van der Waals surface area contributed by atoms with E-state index in [4.69, 9.17) is 16.9 Å². The number of hydrogen-bond donors (Lipinski definition) is 0. The molecule has 0 aliphatic carbocycles. The van der Waals surface area contributed by atoms with Gasteiger partial charge in [-0.1, -0.05) is 25.4 Å². The molecule has 0 aliphatic rings. The second-order valence-corrected chi connectivity index (χ2v) is 3.32. The predicted octanol–water partition coefficient (Wildman–Crippen LogP) is 2.87. The molecule has 0 unspecified atom stereocenters. The van der Waals surface area contributed by atoms with Gasteiger partial charge in [0.25, 0.3) is 0 Å². The maximum atomic E-state index is 13.2. The molecular formula is C9H8ClFN2. The Morgan fingerprint density at radius 3 is 2.69 bits per heavy atom. The molecule has 0 radical (unpaired) electrons. The zero-order chi connectivity index (χ0) is 10.0. The van der Waals surface area contributed by atoms with Crippen LogP contribution in [0, 0.1) is 17.1 Å². The summed E-state index contributed by atoms with van der Waals surface area (Å²) in [6, 6.07) is 2.88. The van der Waals surface area contributed by atoms with E-state index in [1.807, 2.05) is 13.8 Å². The molecule has 0 bridgehead atoms. The fourth-order valence-corrected chi connectivity index (χ4v) is 1.15. The molecule has 2 nitrogen and oxygen atoms in total. The molecule has 1 aromatic rings. The Morgan fingerprint density at radius 1 is 1.62 bits per heavy atom. The van der Waals surface area contributed by atoms with Gasteiger partial charge in [-0.2, -0.15) is 5.26 Å². The van der Waals surface area contributed by atoms with Crippen LogP contribution < -0.4 is 0 Å². The van der Waals surface area contributed by atoms with E-state index in [0.717, 1.165) is 6.07 Å². The third-order valence-corrected chi connectivity index (χ3v) is 1.91. The second kappa shape index (κ2) is 3.71. The van der Waals surface area contributed by atoms with Crippen molar-refractivity contribution in [1.82, 2.24) is 4.98 Å². The first kappa shape index (κ1) is 9.94. The van der Waals surface area contributed by atoms with Gasteiger partial charge < -0.3 is 0 Å². The summed E-state index contributed by atoms with van der Waals surface area (Å²) in [6.07, 6.45) is 0. The number of nitrogens with zero attached hydrogens (tertiary/aromatic N) is 2. The lowest BCUT2D eigenvalue weighted by Gasteiger charge is -2.06. The molecule has 0 spiro atoms. The normalized spacial score (nSPS) is 10.2. The van der Waals surface area contributed by atoms with Crippen molar-refractivity contribution in [2.24, 2.45) is 0 Å². The van der Waals surface area contributed by atoms with E-state index in [2.05, 4.69) is 4.98 Å². The van der Waals surface area contributed by atoms with Crippen LogP contribution in [0.25, 0.3) is 0 Å². The first-order valence-electron chi connectivity index (χ1n) is 3.82. The van der Waals surface area contributed by atoms with Crippen molar-refractivity contribution in [1.29, 1.82) is 5.26 Å². The van der Waals surface area contributed by atoms with Crippen LogP contribution >= 0.6 is 11.6 Å². The minimum atomic E-state index is -0.476. The molecule has 0 N–H and O–H groups in total. The van der Waals surface area contributed by atoms with E-state index in [0.29, 0.717) is 5.69 Å². The number of pyridine rings is 1. The number of nitriles is 1. The third kappa shape index (κ3) is 1.96. The molecular weight excluding hydrogens is 191 g/mol. The van der Waals surface area contributed by atoms with Gasteiger partial charge in [0.05, 0.1) is 11.3 Å². The summed E-state index contributed by atoms with van der Waals surface area (Å²) in [7, 11) is 0. The molecule has 0 aliphatic heterocycles. The van der Waals surface area contributed by atoms with Crippen molar-refractivity contribution in [3.63, 3.8) is 0 Å². The molecule has 0 saturated heterocycles. The van der Waals surface area contributed by atoms with Gasteiger partial charge in [-0.3, -0.25) is 0 Å². The van der Waals surface area contributed by atoms with Gasteiger partial charge >= 0.3 is 0 Å². The van der Waals surface area contributed by atoms with Crippen LogP contribution in [0.3, 0.4) is 0 Å². The molecule has 0 atom stereocenters. The minimum Gasteiger partial charge on any atom is -0.236 e. The topological polar surface area (TPSA) is 36.7 Å². The monoisotopic (exact) mass is 198 g/mol. The van der Waals surface area contributed by atoms with E-state index in [9.17, 15) is 4.39 Å². The van der Waals surface area contributed by atoms with Crippen LogP contribution in [-0.4, -0.2) is 4.98 Å². The Balaban J connectivity index is 3.31. The van der Waals surface area contributed by atoms with Crippen LogP contribution in [0.15, 0.2) is 6.07 Å². The molecule has 4 heteroatoms. The smallest absolute Gasteiger partial charge is 0.147 e. The van der Waals surface area contributed by atoms with E-state index in [1.54, 1.807) is 6.07 Å². The van der Waals surface area contributed by atoms with E-state index in [1.165, 1.54) is 0 Å². The first-order valence-corrected chi connectivity index (χ1v) is 4.20. The molecule has 0 amide bonds. The van der Waals surface area contributed by atoms with Crippen molar-refractivity contribution in [2.45, 2.75) is 19.8 Å². The summed E-state index contributed by atoms with van der Waals surface area (Å²) in [6.45, 7) is 3.63. The number of halogens is 2. The highest BCUT2D eigenvalue weighted by molar-refractivity contribution is 6.30. The van der Waals surface area contributed by atoms with E-state index in [-0.39, 0.29) is 16.6 Å². The van der Waals surface area contributed by atoms with Crippen LogP contribution in [0.1, 0.15) is 31.0 Å². The standard InChI is InChI=1S/C9H8ClFN2/c1-5(2)8-7(11)3-6(4-12)9(10)13-8/h3,5H,1-2H3. The zero-order valence-corrected chi connectivity index (χ0v) is 8.06. The maximum absolute atomic E-state index is 13.2. The van der Waals surface area contributed by atoms with Crippen LogP contribution in [-0.2, 0) is 0 Å². The Hall–Kier alpha value is -1.14. The molecule has 1 rings (SSSR count). The molecule has 0 fully saturated rings. The van der Waals surface area contributed by atoms with Gasteiger partial charge in [-0.05, 0) is 12.0 Å². The Kier molecular flexibility index (Phi) is 2.84. The molecule has 1 heterocycles. The van der Waals surface area contributed by atoms with Gasteiger partial charge in [-0.25, -0.2) is 9.37 Å². The summed E-state index contributed by atoms with van der Waals surface area (Å²) in [4.78, 5) is 3.81. The average molecular weight is 199 g/mol. The Labute approximate surface area is 81.0 Å². The van der Waals surface area contributed by atoms with Crippen LogP contribution in [0.5, 0.6) is 0 Å². The van der Waals surface area contributed by atoms with E-state index < -0.39 is 5.82 Å². The average Bonchev–Trinajstić information content (AvgIpc) is 2.07. The minimum absolute atomic E-state index is 0.0368. The summed E-state index contributed by atoms with van der Waals surface area (Å²) >= 11 is 5.65. The number of aromatic nitrogens is 1. The highest BCUT2D eigenvalue weighted by Crippen LogP contribution is 2.21. The van der Waals surface area contributed by atoms with Gasteiger partial charge in [0.1, 0.15) is 17.0 Å². The highest BCUT2D eigenvalue weighted by Gasteiger charge is 2.12. The van der Waals surface area contributed by atoms with Gasteiger partial charge in [0.15, 0.2) is 0 Å². The van der Waals surface area contributed by atoms with E-state index >= 15 is 0 Å². The fraction of sp³-hybridized carbons (Fsp3) is 0.333. The molecule has 0 aromatic carbocycles. The highest BCUT2D eigenvalue weighted by atomic mass is 35.5. The number of rotatable bonds is 1. The van der Waals surface area contributed by atoms with Crippen molar-refractivity contribution in [3.8, 4) is 6.07 Å². The van der Waals surface area contributed by atoms with Crippen molar-refractivity contribution >= 4 is 11.6 Å². The molecule has 68 valence electrons. The quantitative estimate of drug-likeness (QED) is 0.651. The second-order valence-electron chi connectivity index (χ2n) is 2.96. The predicted molar refractivity (Wildman–Crippen MR) is 48.0 cm³/mol. The summed E-state index contributed by atoms with van der Waals surface area (Å²) < 4.78 is 13.2. The summed E-state index contributed by atoms with van der Waals surface area (Å²) in [5, 5.41) is 8.59. The fourth-order valence-electron chi connectivity index (χ4n) is 0.963. The zero-order valence-electron chi connectivity index (χ0n) is 7.31. The SMILES string of the molecule is CC(C)c1nc(Cl)c(C#N)cc1F. The van der Waals surface area contributed by atoms with Gasteiger partial charge in [0.2, 0.25) is 0 Å². The van der Waals surface area contributed by atoms with Crippen molar-refractivity contribution in [3.05, 3.63) is 28.3 Å². The molecule has 13 heavy (non-hydrogen) atoms. The Bertz CT molecular complexity index is 369. The maximum Gasteiger partial charge on any atom is 0.147 e. The van der Waals surface area contributed by atoms with Crippen LogP contribution in [0.4, 0.5) is 4.39 Å².